The van der Waals surface area contributed by atoms with E-state index in [1.807, 2.05) is 31.2 Å². The summed E-state index contributed by atoms with van der Waals surface area (Å²) in [5.41, 5.74) is 4.59. The van der Waals surface area contributed by atoms with Crippen LogP contribution >= 0.6 is 0 Å². The van der Waals surface area contributed by atoms with E-state index in [2.05, 4.69) is 21.6 Å². The monoisotopic (exact) mass is 424 g/mol. The third-order valence-corrected chi connectivity index (χ3v) is 5.85. The Hall–Kier alpha value is -3.29. The van der Waals surface area contributed by atoms with Gasteiger partial charge in [-0.2, -0.15) is 5.10 Å². The van der Waals surface area contributed by atoms with Gasteiger partial charge in [0.15, 0.2) is 0 Å². The fraction of sp³-hybridized carbons (Fsp3) is 0.435. The number of aromatic nitrogens is 2. The van der Waals surface area contributed by atoms with E-state index in [1.165, 1.54) is 16.6 Å². The Morgan fingerprint density at radius 3 is 2.74 bits per heavy atom. The first-order valence-corrected chi connectivity index (χ1v) is 10.9. The van der Waals surface area contributed by atoms with Crippen molar-refractivity contribution in [3.8, 4) is 11.6 Å². The summed E-state index contributed by atoms with van der Waals surface area (Å²) in [5.74, 6) is 0.470. The van der Waals surface area contributed by atoms with E-state index in [9.17, 15) is 14.7 Å². The summed E-state index contributed by atoms with van der Waals surface area (Å²) in [6.45, 7) is 2.86. The molecule has 0 fully saturated rings. The van der Waals surface area contributed by atoms with Crippen LogP contribution in [-0.4, -0.2) is 27.0 Å². The second-order valence-electron chi connectivity index (χ2n) is 7.91. The fourth-order valence-corrected chi connectivity index (χ4v) is 4.17. The van der Waals surface area contributed by atoms with Gasteiger partial charge in [0.1, 0.15) is 11.3 Å². The molecule has 1 atom stereocenters. The molecule has 0 unspecified atom stereocenters. The number of aromatic hydroxyl groups is 1. The number of hydrogen-bond donors (Lipinski definition) is 3. The van der Waals surface area contributed by atoms with Crippen LogP contribution in [0.3, 0.4) is 0 Å². The molecule has 0 amide bonds. The molecule has 2 aromatic rings. The molecule has 0 saturated heterocycles. The Morgan fingerprint density at radius 2 is 2.03 bits per heavy atom. The van der Waals surface area contributed by atoms with Gasteiger partial charge in [-0.15, -0.1) is 0 Å². The van der Waals surface area contributed by atoms with Crippen molar-refractivity contribution >= 4 is 5.71 Å². The van der Waals surface area contributed by atoms with Gasteiger partial charge in [0.25, 0.3) is 5.56 Å². The molecule has 0 spiro atoms. The summed E-state index contributed by atoms with van der Waals surface area (Å²) in [5, 5.41) is 15.1. The summed E-state index contributed by atoms with van der Waals surface area (Å²) in [4.78, 5) is 27.2. The third kappa shape index (κ3) is 4.57. The maximum atomic E-state index is 12.5. The quantitative estimate of drug-likeness (QED) is 0.592. The van der Waals surface area contributed by atoms with Gasteiger partial charge in [0.05, 0.1) is 18.4 Å². The normalized spacial score (nSPS) is 18.3. The van der Waals surface area contributed by atoms with Gasteiger partial charge in [-0.3, -0.25) is 14.3 Å². The largest absolute Gasteiger partial charge is 0.494 e. The maximum absolute atomic E-state index is 12.5. The molecule has 1 aromatic carbocycles. The van der Waals surface area contributed by atoms with E-state index in [0.29, 0.717) is 31.7 Å². The molecular formula is C23H28N4O4. The van der Waals surface area contributed by atoms with Crippen molar-refractivity contribution in [3.63, 3.8) is 0 Å². The molecule has 2 heterocycles. The van der Waals surface area contributed by atoms with Crippen LogP contribution in [0, 0.1) is 0 Å². The number of nitrogens with zero attached hydrogens (tertiary/aromatic N) is 2. The maximum Gasteiger partial charge on any atom is 0.331 e. The number of hydrogen-bond acceptors (Lipinski definition) is 6. The first kappa shape index (κ1) is 21.0. The van der Waals surface area contributed by atoms with E-state index < -0.39 is 11.2 Å². The average molecular weight is 425 g/mol. The summed E-state index contributed by atoms with van der Waals surface area (Å²) >= 11 is 0. The molecule has 0 bridgehead atoms. The predicted molar refractivity (Wildman–Crippen MR) is 119 cm³/mol. The lowest BCUT2D eigenvalue weighted by atomic mass is 9.97. The minimum absolute atomic E-state index is 0.0539. The smallest absolute Gasteiger partial charge is 0.331 e. The van der Waals surface area contributed by atoms with Gasteiger partial charge in [-0.1, -0.05) is 23.8 Å². The van der Waals surface area contributed by atoms with Gasteiger partial charge in [-0.05, 0) is 56.7 Å². The second kappa shape index (κ2) is 9.24. The predicted octanol–water partition coefficient (Wildman–Crippen LogP) is 2.97. The highest BCUT2D eigenvalue weighted by Gasteiger charge is 2.27. The Kier molecular flexibility index (Phi) is 6.25. The molecule has 1 aromatic heterocycles. The van der Waals surface area contributed by atoms with E-state index in [0.717, 1.165) is 30.6 Å². The molecule has 2 aliphatic rings. The van der Waals surface area contributed by atoms with Crippen molar-refractivity contribution in [2.45, 2.75) is 58.0 Å². The number of ether oxygens (including phenoxy) is 1. The fourth-order valence-electron chi connectivity index (χ4n) is 4.17. The Morgan fingerprint density at radius 1 is 1.23 bits per heavy atom. The van der Waals surface area contributed by atoms with Crippen molar-refractivity contribution in [3.05, 3.63) is 67.9 Å². The van der Waals surface area contributed by atoms with Crippen molar-refractivity contribution in [1.29, 1.82) is 0 Å². The Balaban J connectivity index is 1.53. The molecule has 1 aliphatic heterocycles. The molecular weight excluding hydrogens is 396 g/mol. The zero-order valence-corrected chi connectivity index (χ0v) is 17.7. The number of benzene rings is 1. The SMILES string of the molecule is CCOc1ccc([C@@H]2CC(c3c(O)n(CCC4=CCCCC4)c(=O)[nH]c3=O)=NN2)cc1. The zero-order chi connectivity index (χ0) is 21.8. The van der Waals surface area contributed by atoms with Gasteiger partial charge >= 0.3 is 5.69 Å². The number of allylic oxidation sites excluding steroid dienone is 2. The van der Waals surface area contributed by atoms with Crippen LogP contribution in [0.4, 0.5) is 0 Å². The summed E-state index contributed by atoms with van der Waals surface area (Å²) in [7, 11) is 0. The molecule has 8 nitrogen and oxygen atoms in total. The van der Waals surface area contributed by atoms with Crippen molar-refractivity contribution in [2.75, 3.05) is 6.61 Å². The molecule has 164 valence electrons. The van der Waals surface area contributed by atoms with Crippen LogP contribution in [0.2, 0.25) is 0 Å². The minimum atomic E-state index is -0.622. The lowest BCUT2D eigenvalue weighted by molar-refractivity contribution is 0.340. The van der Waals surface area contributed by atoms with Crippen LogP contribution in [0.15, 0.2) is 50.6 Å². The van der Waals surface area contributed by atoms with Crippen LogP contribution in [0.1, 0.15) is 62.6 Å². The molecule has 31 heavy (non-hydrogen) atoms. The second-order valence-corrected chi connectivity index (χ2v) is 7.91. The lowest BCUT2D eigenvalue weighted by Gasteiger charge is -2.15. The Bertz CT molecular complexity index is 1110. The first-order valence-electron chi connectivity index (χ1n) is 10.9. The van der Waals surface area contributed by atoms with E-state index in [1.54, 1.807) is 0 Å². The molecule has 8 heteroatoms. The topological polar surface area (TPSA) is 109 Å². The number of nitrogens with one attached hydrogen (secondary N) is 2. The van der Waals surface area contributed by atoms with Crippen LogP contribution in [0.25, 0.3) is 0 Å². The van der Waals surface area contributed by atoms with Crippen molar-refractivity contribution < 1.29 is 9.84 Å². The highest BCUT2D eigenvalue weighted by molar-refractivity contribution is 6.03. The summed E-state index contributed by atoms with van der Waals surface area (Å²) in [6, 6.07) is 7.55. The number of hydrazone groups is 1. The number of rotatable bonds is 7. The van der Waals surface area contributed by atoms with Crippen molar-refractivity contribution in [1.82, 2.24) is 15.0 Å². The van der Waals surface area contributed by atoms with Gasteiger partial charge < -0.3 is 15.3 Å². The van der Waals surface area contributed by atoms with Crippen molar-refractivity contribution in [2.24, 2.45) is 5.10 Å². The third-order valence-electron chi connectivity index (χ3n) is 5.85. The Labute approximate surface area is 180 Å². The average Bonchev–Trinajstić information content (AvgIpc) is 3.24. The van der Waals surface area contributed by atoms with Gasteiger partial charge in [0, 0.05) is 13.0 Å². The minimum Gasteiger partial charge on any atom is -0.494 e. The van der Waals surface area contributed by atoms with Crippen LogP contribution in [0.5, 0.6) is 11.6 Å². The number of H-pyrrole nitrogens is 1. The summed E-state index contributed by atoms with van der Waals surface area (Å²) in [6.07, 6.45) is 7.74. The molecule has 0 radical (unpaired) electrons. The van der Waals surface area contributed by atoms with Crippen LogP contribution in [-0.2, 0) is 6.54 Å². The van der Waals surface area contributed by atoms with Gasteiger partial charge in [0.2, 0.25) is 5.88 Å². The molecule has 1 aliphatic carbocycles. The molecule has 0 saturated carbocycles. The first-order chi connectivity index (χ1) is 15.1. The van der Waals surface area contributed by atoms with E-state index in [-0.39, 0.29) is 17.5 Å². The van der Waals surface area contributed by atoms with E-state index >= 15 is 0 Å². The number of aromatic amines is 1. The standard InChI is InChI=1S/C23H28N4O4/c1-2-31-17-10-8-16(9-11-17)18-14-19(26-25-18)20-21(28)24-23(30)27(22(20)29)13-12-15-6-4-3-5-7-15/h6,8-11,18,25,29H,2-5,7,12-14H2,1H3,(H,24,28,30)/t18-/m0/s1. The van der Waals surface area contributed by atoms with E-state index in [4.69, 9.17) is 4.74 Å². The van der Waals surface area contributed by atoms with Crippen LogP contribution < -0.4 is 21.4 Å². The highest BCUT2D eigenvalue weighted by atomic mass is 16.5. The summed E-state index contributed by atoms with van der Waals surface area (Å²) < 4.78 is 6.71. The highest BCUT2D eigenvalue weighted by Crippen LogP contribution is 2.28. The van der Waals surface area contributed by atoms with Gasteiger partial charge in [-0.25, -0.2) is 4.79 Å². The molecule has 4 rings (SSSR count). The molecule has 3 N–H and O–H groups in total. The zero-order valence-electron chi connectivity index (χ0n) is 17.7. The lowest BCUT2D eigenvalue weighted by Crippen LogP contribution is -2.34.